The van der Waals surface area contributed by atoms with Crippen molar-refractivity contribution in [2.75, 3.05) is 42.9 Å². The molecule has 1 saturated carbocycles. The number of anilines is 2. The molecule has 2 fully saturated rings. The highest BCUT2D eigenvalue weighted by atomic mass is 16.6. The number of nitrogens with one attached hydrogen (secondary N) is 2. The molecule has 0 radical (unpaired) electrons. The van der Waals surface area contributed by atoms with Gasteiger partial charge in [-0.05, 0) is 82.3 Å². The van der Waals surface area contributed by atoms with Gasteiger partial charge in [-0.3, -0.25) is 14.5 Å². The predicted molar refractivity (Wildman–Crippen MR) is 191 cm³/mol. The number of aliphatic hydroxyl groups excluding tert-OH is 1. The van der Waals surface area contributed by atoms with Crippen LogP contribution in [0.4, 0.5) is 16.4 Å². The summed E-state index contributed by atoms with van der Waals surface area (Å²) in [6.07, 6.45) is 1.99. The summed E-state index contributed by atoms with van der Waals surface area (Å²) >= 11 is 0. The lowest BCUT2D eigenvalue weighted by atomic mass is 9.87. The lowest BCUT2D eigenvalue weighted by Gasteiger charge is -2.46. The SMILES string of the molecule is CC(=O)N1CCN(c2cc(C(=O)NC[C@@H](O)[C@@]3(O)Cc4ccc(OCc5ocnc5C)cc4CN3C(=O)OC(C)(C)C)cc(NC3CCC3)n2)CC1. The summed E-state index contributed by atoms with van der Waals surface area (Å²) in [5, 5.41) is 29.9. The minimum atomic E-state index is -2.11. The number of fused-ring (bicyclic) bond motifs is 1. The quantitative estimate of drug-likeness (QED) is 0.240. The molecule has 1 aliphatic carbocycles. The molecule has 4 heterocycles. The molecule has 6 rings (SSSR count). The van der Waals surface area contributed by atoms with Crippen molar-refractivity contribution in [2.24, 2.45) is 0 Å². The van der Waals surface area contributed by atoms with Crippen molar-refractivity contribution in [1.82, 2.24) is 25.1 Å². The first-order valence-corrected chi connectivity index (χ1v) is 17.8. The highest BCUT2D eigenvalue weighted by Gasteiger charge is 2.49. The van der Waals surface area contributed by atoms with Crippen LogP contribution in [0.5, 0.6) is 5.75 Å². The average molecular weight is 720 g/mol. The van der Waals surface area contributed by atoms with E-state index in [9.17, 15) is 24.6 Å². The lowest BCUT2D eigenvalue weighted by molar-refractivity contribution is -0.177. The number of oxazole rings is 1. The number of hydrogen-bond acceptors (Lipinski definition) is 12. The van der Waals surface area contributed by atoms with Gasteiger partial charge in [-0.1, -0.05) is 6.07 Å². The molecule has 0 spiro atoms. The Morgan fingerprint density at radius 2 is 1.85 bits per heavy atom. The van der Waals surface area contributed by atoms with Gasteiger partial charge in [-0.15, -0.1) is 0 Å². The molecule has 15 nitrogen and oxygen atoms in total. The topological polar surface area (TPSA) is 183 Å². The van der Waals surface area contributed by atoms with Crippen LogP contribution in [0, 0.1) is 6.92 Å². The van der Waals surface area contributed by atoms with Crippen LogP contribution in [-0.2, 0) is 29.1 Å². The largest absolute Gasteiger partial charge is 0.486 e. The van der Waals surface area contributed by atoms with Crippen LogP contribution in [0.3, 0.4) is 0 Å². The van der Waals surface area contributed by atoms with Crippen molar-refractivity contribution < 1.29 is 38.5 Å². The van der Waals surface area contributed by atoms with Gasteiger partial charge in [0, 0.05) is 57.7 Å². The number of piperazine rings is 1. The fourth-order valence-electron chi connectivity index (χ4n) is 6.50. The summed E-state index contributed by atoms with van der Waals surface area (Å²) in [6, 6.07) is 8.96. The monoisotopic (exact) mass is 719 g/mol. The summed E-state index contributed by atoms with van der Waals surface area (Å²) in [5.74, 6) is 1.84. The molecular weight excluding hydrogens is 670 g/mol. The smallest absolute Gasteiger partial charge is 0.412 e. The van der Waals surface area contributed by atoms with E-state index in [2.05, 4.69) is 15.6 Å². The number of aliphatic hydroxyl groups is 2. The minimum Gasteiger partial charge on any atom is -0.486 e. The standard InChI is InChI=1S/C37H49N7O8/c1-23-30(51-22-39-23)21-50-29-10-9-25-18-37(49,44(20-27(25)15-29)35(48)52-36(3,4)5)31(46)19-38-34(47)26-16-32(40-28-7-6-8-28)41-33(17-26)43-13-11-42(12-14-43)24(2)45/h9-10,15-17,22,28,31,46,49H,6-8,11-14,18-21H2,1-5H3,(H,38,47)(H,40,41)/t31-,37+/m1/s1. The number of aromatic nitrogens is 2. The van der Waals surface area contributed by atoms with Gasteiger partial charge in [-0.2, -0.15) is 0 Å². The van der Waals surface area contributed by atoms with Crippen LogP contribution in [-0.4, -0.2) is 104 Å². The Labute approximate surface area is 303 Å². The average Bonchev–Trinajstić information content (AvgIpc) is 3.50. The number of ether oxygens (including phenoxy) is 2. The third-order valence-corrected chi connectivity index (χ3v) is 9.82. The van der Waals surface area contributed by atoms with Gasteiger partial charge in [0.2, 0.25) is 5.91 Å². The summed E-state index contributed by atoms with van der Waals surface area (Å²) in [6.45, 7) is 10.5. The molecule has 3 amide bonds. The fraction of sp³-hybridized carbons (Fsp3) is 0.541. The van der Waals surface area contributed by atoms with E-state index in [1.54, 1.807) is 62.9 Å². The van der Waals surface area contributed by atoms with E-state index < -0.39 is 29.4 Å². The van der Waals surface area contributed by atoms with Gasteiger partial charge >= 0.3 is 6.09 Å². The number of carbonyl (C=O) groups is 3. The molecule has 3 aliphatic rings. The molecule has 1 aromatic carbocycles. The van der Waals surface area contributed by atoms with E-state index in [0.717, 1.165) is 29.9 Å². The van der Waals surface area contributed by atoms with Crippen LogP contribution in [0.25, 0.3) is 0 Å². The van der Waals surface area contributed by atoms with Gasteiger partial charge in [-0.25, -0.2) is 14.8 Å². The second-order valence-corrected chi connectivity index (χ2v) is 14.8. The number of nitrogens with zero attached hydrogens (tertiary/aromatic N) is 5. The first-order chi connectivity index (χ1) is 24.7. The third-order valence-electron chi connectivity index (χ3n) is 9.82. The molecule has 15 heteroatoms. The second kappa shape index (κ2) is 15.0. The van der Waals surface area contributed by atoms with Gasteiger partial charge in [0.05, 0.1) is 12.2 Å². The van der Waals surface area contributed by atoms with Gasteiger partial charge in [0.1, 0.15) is 35.7 Å². The van der Waals surface area contributed by atoms with Crippen molar-refractivity contribution >= 4 is 29.5 Å². The molecule has 3 aromatic rings. The summed E-state index contributed by atoms with van der Waals surface area (Å²) in [7, 11) is 0. The lowest BCUT2D eigenvalue weighted by Crippen LogP contribution is -2.64. The normalized spacial score (nSPS) is 19.7. The minimum absolute atomic E-state index is 0.0212. The summed E-state index contributed by atoms with van der Waals surface area (Å²) < 4.78 is 17.0. The molecule has 0 unspecified atom stereocenters. The van der Waals surface area contributed by atoms with Crippen molar-refractivity contribution in [3.8, 4) is 5.75 Å². The maximum atomic E-state index is 13.7. The van der Waals surface area contributed by atoms with E-state index in [4.69, 9.17) is 18.9 Å². The predicted octanol–water partition coefficient (Wildman–Crippen LogP) is 3.36. The number of benzene rings is 1. The zero-order valence-electron chi connectivity index (χ0n) is 30.5. The zero-order chi connectivity index (χ0) is 37.2. The Morgan fingerprint density at radius 1 is 1.10 bits per heavy atom. The third kappa shape index (κ3) is 8.42. The summed E-state index contributed by atoms with van der Waals surface area (Å²) in [5.41, 5.74) is -0.533. The van der Waals surface area contributed by atoms with E-state index in [0.29, 0.717) is 66.0 Å². The van der Waals surface area contributed by atoms with Crippen LogP contribution in [0.2, 0.25) is 0 Å². The Bertz CT molecular complexity index is 1780. The molecule has 52 heavy (non-hydrogen) atoms. The second-order valence-electron chi connectivity index (χ2n) is 14.8. The van der Waals surface area contributed by atoms with Crippen LogP contribution in [0.1, 0.15) is 79.9 Å². The molecule has 2 atom stereocenters. The number of rotatable bonds is 10. The number of hydrogen-bond donors (Lipinski definition) is 4. The number of amides is 3. The number of carbonyl (C=O) groups excluding carboxylic acids is 3. The molecule has 280 valence electrons. The van der Waals surface area contributed by atoms with Gasteiger partial charge in [0.25, 0.3) is 5.91 Å². The highest BCUT2D eigenvalue weighted by molar-refractivity contribution is 5.95. The van der Waals surface area contributed by atoms with Crippen molar-refractivity contribution in [3.05, 3.63) is 64.9 Å². The van der Waals surface area contributed by atoms with E-state index >= 15 is 0 Å². The maximum absolute atomic E-state index is 13.7. The van der Waals surface area contributed by atoms with Crippen molar-refractivity contribution in [1.29, 1.82) is 0 Å². The Hall–Kier alpha value is -4.89. The van der Waals surface area contributed by atoms with Gasteiger partial charge in [0.15, 0.2) is 17.9 Å². The maximum Gasteiger partial charge on any atom is 0.412 e. The van der Waals surface area contributed by atoms with Crippen molar-refractivity contribution in [2.45, 2.75) is 96.9 Å². The highest BCUT2D eigenvalue weighted by Crippen LogP contribution is 2.35. The Kier molecular flexibility index (Phi) is 10.6. The number of aryl methyl sites for hydroxylation is 1. The first-order valence-electron chi connectivity index (χ1n) is 17.8. The van der Waals surface area contributed by atoms with Crippen LogP contribution >= 0.6 is 0 Å². The number of pyridine rings is 1. The molecule has 0 bridgehead atoms. The van der Waals surface area contributed by atoms with Crippen molar-refractivity contribution in [3.63, 3.8) is 0 Å². The van der Waals surface area contributed by atoms with E-state index in [-0.39, 0.29) is 38.1 Å². The van der Waals surface area contributed by atoms with E-state index in [1.807, 2.05) is 11.8 Å². The fourth-order valence-corrected chi connectivity index (χ4v) is 6.50. The molecule has 2 aliphatic heterocycles. The first kappa shape index (κ1) is 36.9. The molecule has 4 N–H and O–H groups in total. The van der Waals surface area contributed by atoms with Crippen LogP contribution < -0.4 is 20.3 Å². The molecule has 1 saturated heterocycles. The van der Waals surface area contributed by atoms with Crippen LogP contribution in [0.15, 0.2) is 41.1 Å². The molecule has 2 aromatic heterocycles. The Morgan fingerprint density at radius 3 is 2.48 bits per heavy atom. The van der Waals surface area contributed by atoms with Gasteiger partial charge < -0.3 is 44.5 Å². The molecular formula is C37H49N7O8. The zero-order valence-corrected chi connectivity index (χ0v) is 30.5. The van der Waals surface area contributed by atoms with E-state index in [1.165, 1.54) is 6.39 Å². The Balaban J connectivity index is 1.19. The summed E-state index contributed by atoms with van der Waals surface area (Å²) in [4.78, 5) is 52.9.